The van der Waals surface area contributed by atoms with Crippen LogP contribution in [-0.4, -0.2) is 20.1 Å². The monoisotopic (exact) mass is 331 g/mol. The van der Waals surface area contributed by atoms with Crippen LogP contribution in [0.25, 0.3) is 11.4 Å². The minimum atomic E-state index is -0.733. The molecule has 0 aliphatic carbocycles. The van der Waals surface area contributed by atoms with E-state index in [1.807, 2.05) is 0 Å². The van der Waals surface area contributed by atoms with Crippen molar-refractivity contribution in [3.8, 4) is 11.4 Å². The zero-order valence-corrected chi connectivity index (χ0v) is 12.9. The maximum Gasteiger partial charge on any atom is 0.178 e. The molecule has 0 saturated carbocycles. The van der Waals surface area contributed by atoms with Crippen LogP contribution in [0.3, 0.4) is 0 Å². The van der Waals surface area contributed by atoms with E-state index in [9.17, 15) is 13.6 Å². The Hall–Kier alpha value is -2.54. The fourth-order valence-corrected chi connectivity index (χ4v) is 2.80. The molecule has 0 aliphatic rings. The summed E-state index contributed by atoms with van der Waals surface area (Å²) in [4.78, 5) is 20.4. The number of hydrogen-bond donors (Lipinski definition) is 0. The highest BCUT2D eigenvalue weighted by molar-refractivity contribution is 7.05. The molecule has 1 aromatic carbocycles. The second-order valence-electron chi connectivity index (χ2n) is 4.84. The minimum Gasteiger partial charge on any atom is -0.294 e. The van der Waals surface area contributed by atoms with E-state index in [0.717, 1.165) is 23.7 Å². The van der Waals surface area contributed by atoms with Crippen LogP contribution >= 0.6 is 11.5 Å². The summed E-state index contributed by atoms with van der Waals surface area (Å²) >= 11 is 0.955. The molecular formula is C16H11F2N3OS. The number of pyridine rings is 1. The largest absolute Gasteiger partial charge is 0.294 e. The number of benzene rings is 1. The van der Waals surface area contributed by atoms with Crippen LogP contribution in [0.5, 0.6) is 0 Å². The molecule has 3 rings (SSSR count). The standard InChI is InChI=1S/C16H11F2N3OS/c1-9-10(4-3-7-19-9)13(22)8-14-20-16(21-23-14)15-11(17)5-2-6-12(15)18/h2-7H,8H2,1H3. The Morgan fingerprint density at radius 3 is 2.61 bits per heavy atom. The molecule has 0 radical (unpaired) electrons. The quantitative estimate of drug-likeness (QED) is 0.685. The van der Waals surface area contributed by atoms with Gasteiger partial charge in [-0.2, -0.15) is 4.37 Å². The van der Waals surface area contributed by atoms with Crippen LogP contribution in [0, 0.1) is 18.6 Å². The lowest BCUT2D eigenvalue weighted by Crippen LogP contribution is -2.06. The van der Waals surface area contributed by atoms with Crippen LogP contribution < -0.4 is 0 Å². The number of carbonyl (C=O) groups is 1. The molecule has 0 N–H and O–H groups in total. The van der Waals surface area contributed by atoms with Crippen molar-refractivity contribution in [2.75, 3.05) is 0 Å². The highest BCUT2D eigenvalue weighted by Crippen LogP contribution is 2.25. The van der Waals surface area contributed by atoms with Gasteiger partial charge in [0.1, 0.15) is 16.6 Å². The molecular weight excluding hydrogens is 320 g/mol. The molecule has 23 heavy (non-hydrogen) atoms. The van der Waals surface area contributed by atoms with Gasteiger partial charge in [0, 0.05) is 17.5 Å². The zero-order chi connectivity index (χ0) is 16.4. The van der Waals surface area contributed by atoms with E-state index in [2.05, 4.69) is 14.3 Å². The van der Waals surface area contributed by atoms with Crippen LogP contribution in [0.1, 0.15) is 21.1 Å². The first-order valence-electron chi connectivity index (χ1n) is 6.78. The number of aromatic nitrogens is 3. The average molecular weight is 331 g/mol. The summed E-state index contributed by atoms with van der Waals surface area (Å²) in [6, 6.07) is 6.92. The first-order valence-corrected chi connectivity index (χ1v) is 7.55. The Morgan fingerprint density at radius 2 is 1.91 bits per heavy atom. The summed E-state index contributed by atoms with van der Waals surface area (Å²) in [5, 5.41) is 0.399. The molecule has 3 aromatic rings. The molecule has 0 aliphatic heterocycles. The van der Waals surface area contributed by atoms with Gasteiger partial charge in [-0.1, -0.05) is 6.07 Å². The molecule has 0 atom stereocenters. The van der Waals surface area contributed by atoms with E-state index >= 15 is 0 Å². The van der Waals surface area contributed by atoms with Gasteiger partial charge in [0.15, 0.2) is 11.6 Å². The van der Waals surface area contributed by atoms with Crippen LogP contribution in [0.2, 0.25) is 0 Å². The van der Waals surface area contributed by atoms with Gasteiger partial charge in [-0.15, -0.1) is 0 Å². The number of aryl methyl sites for hydroxylation is 1. The van der Waals surface area contributed by atoms with Gasteiger partial charge in [0.05, 0.1) is 12.0 Å². The number of halogens is 2. The maximum absolute atomic E-state index is 13.7. The molecule has 0 spiro atoms. The van der Waals surface area contributed by atoms with E-state index in [-0.39, 0.29) is 23.6 Å². The van der Waals surface area contributed by atoms with E-state index in [4.69, 9.17) is 0 Å². The molecule has 7 heteroatoms. The Balaban J connectivity index is 1.86. The van der Waals surface area contributed by atoms with Crippen LogP contribution in [-0.2, 0) is 6.42 Å². The summed E-state index contributed by atoms with van der Waals surface area (Å²) in [5.41, 5.74) is 0.851. The summed E-state index contributed by atoms with van der Waals surface area (Å²) in [6.07, 6.45) is 1.62. The van der Waals surface area contributed by atoms with Gasteiger partial charge < -0.3 is 0 Å². The minimum absolute atomic E-state index is 0.0142. The summed E-state index contributed by atoms with van der Waals surface area (Å²) in [5.74, 6) is -1.67. The van der Waals surface area contributed by atoms with E-state index in [1.165, 1.54) is 6.07 Å². The summed E-state index contributed by atoms with van der Waals surface area (Å²) in [7, 11) is 0. The topological polar surface area (TPSA) is 55.7 Å². The highest BCUT2D eigenvalue weighted by Gasteiger charge is 2.18. The number of nitrogens with zero attached hydrogens (tertiary/aromatic N) is 3. The van der Waals surface area contributed by atoms with Gasteiger partial charge in [-0.3, -0.25) is 9.78 Å². The predicted octanol–water partition coefficient (Wildman–Crippen LogP) is 3.61. The lowest BCUT2D eigenvalue weighted by molar-refractivity contribution is 0.0992. The zero-order valence-electron chi connectivity index (χ0n) is 12.1. The van der Waals surface area contributed by atoms with Crippen molar-refractivity contribution in [1.29, 1.82) is 0 Å². The first-order chi connectivity index (χ1) is 11.1. The molecule has 0 unspecified atom stereocenters. The van der Waals surface area contributed by atoms with Crippen molar-refractivity contribution in [1.82, 2.24) is 14.3 Å². The van der Waals surface area contributed by atoms with Gasteiger partial charge in [-0.05, 0) is 42.7 Å². The molecule has 116 valence electrons. The van der Waals surface area contributed by atoms with Crippen LogP contribution in [0.4, 0.5) is 8.78 Å². The second kappa shape index (κ2) is 6.29. The van der Waals surface area contributed by atoms with E-state index < -0.39 is 11.6 Å². The fraction of sp³-hybridized carbons (Fsp3) is 0.125. The third-order valence-corrected chi connectivity index (χ3v) is 3.98. The molecule has 0 bridgehead atoms. The molecule has 4 nitrogen and oxygen atoms in total. The molecule has 0 fully saturated rings. The third-order valence-electron chi connectivity index (χ3n) is 3.27. The van der Waals surface area contributed by atoms with Gasteiger partial charge in [0.2, 0.25) is 0 Å². The molecule has 0 saturated heterocycles. The average Bonchev–Trinajstić information content (AvgIpc) is 2.95. The molecule has 2 aromatic heterocycles. The van der Waals surface area contributed by atoms with Crippen molar-refractivity contribution in [3.05, 3.63) is 64.4 Å². The Bertz CT molecular complexity index is 859. The van der Waals surface area contributed by atoms with Gasteiger partial charge in [0.25, 0.3) is 0 Å². The lowest BCUT2D eigenvalue weighted by atomic mass is 10.1. The first kappa shape index (κ1) is 15.4. The Kier molecular flexibility index (Phi) is 4.20. The lowest BCUT2D eigenvalue weighted by Gasteiger charge is -2.01. The van der Waals surface area contributed by atoms with Crippen molar-refractivity contribution >= 4 is 17.3 Å². The van der Waals surface area contributed by atoms with Crippen molar-refractivity contribution in [3.63, 3.8) is 0 Å². The SMILES string of the molecule is Cc1ncccc1C(=O)Cc1nc(-c2c(F)cccc2F)ns1. The highest BCUT2D eigenvalue weighted by atomic mass is 32.1. The molecule has 0 amide bonds. The fourth-order valence-electron chi connectivity index (χ4n) is 2.15. The van der Waals surface area contributed by atoms with Gasteiger partial charge in [-0.25, -0.2) is 13.8 Å². The smallest absolute Gasteiger partial charge is 0.178 e. The Morgan fingerprint density at radius 1 is 1.17 bits per heavy atom. The maximum atomic E-state index is 13.7. The van der Waals surface area contributed by atoms with E-state index in [1.54, 1.807) is 25.3 Å². The number of Topliss-reactive ketones (excluding diaryl/α,β-unsaturated/α-hetero) is 1. The van der Waals surface area contributed by atoms with Crippen molar-refractivity contribution < 1.29 is 13.6 Å². The van der Waals surface area contributed by atoms with Gasteiger partial charge >= 0.3 is 0 Å². The van der Waals surface area contributed by atoms with Crippen LogP contribution in [0.15, 0.2) is 36.5 Å². The number of hydrogen-bond acceptors (Lipinski definition) is 5. The van der Waals surface area contributed by atoms with E-state index in [0.29, 0.717) is 16.3 Å². The van der Waals surface area contributed by atoms with Crippen molar-refractivity contribution in [2.45, 2.75) is 13.3 Å². The number of rotatable bonds is 4. The van der Waals surface area contributed by atoms with Crippen molar-refractivity contribution in [2.24, 2.45) is 0 Å². The number of carbonyl (C=O) groups excluding carboxylic acids is 1. The normalized spacial score (nSPS) is 10.7. The molecule has 2 heterocycles. The summed E-state index contributed by atoms with van der Waals surface area (Å²) in [6.45, 7) is 1.74. The Labute approximate surface area is 135 Å². The third kappa shape index (κ3) is 3.14. The summed E-state index contributed by atoms with van der Waals surface area (Å²) < 4.78 is 31.4. The second-order valence-corrected chi connectivity index (χ2v) is 5.68. The number of ketones is 1. The predicted molar refractivity (Wildman–Crippen MR) is 82.3 cm³/mol.